The topological polar surface area (TPSA) is 46.3 Å². The van der Waals surface area contributed by atoms with Gasteiger partial charge in [0.25, 0.3) is 5.91 Å². The highest BCUT2D eigenvalue weighted by Gasteiger charge is 2.34. The first-order chi connectivity index (χ1) is 8.79. The molecule has 0 radical (unpaired) electrons. The Labute approximate surface area is 123 Å². The fourth-order valence-corrected chi connectivity index (χ4v) is 2.87. The van der Waals surface area contributed by atoms with Crippen LogP contribution in [0.3, 0.4) is 0 Å². The minimum atomic E-state index is 0.104. The van der Waals surface area contributed by atoms with Crippen molar-refractivity contribution >= 4 is 27.5 Å². The number of hydrogen-bond donors (Lipinski definition) is 1. The molecule has 1 amide bonds. The summed E-state index contributed by atoms with van der Waals surface area (Å²) in [4.78, 5) is 14.4. The fourth-order valence-electron chi connectivity index (χ4n) is 2.49. The number of rotatable bonds is 1. The van der Waals surface area contributed by atoms with Crippen LogP contribution in [0.2, 0.25) is 0 Å². The molecular weight excluding hydrogens is 304 g/mol. The van der Waals surface area contributed by atoms with E-state index in [1.54, 1.807) is 12.1 Å². The summed E-state index contributed by atoms with van der Waals surface area (Å²) in [5, 5.41) is 0. The second kappa shape index (κ2) is 5.16. The normalized spacial score (nSPS) is 19.8. The van der Waals surface area contributed by atoms with Gasteiger partial charge in [-0.2, -0.15) is 0 Å². The standard InChI is InChI=1S/C15H21BrN2O/c1-15(2,3)11-6-7-18(9-11)14(19)10-4-5-13(17)12(16)8-10/h4-5,8,11H,6-7,9,17H2,1-3H3. The first-order valence-electron chi connectivity index (χ1n) is 6.63. The minimum absolute atomic E-state index is 0.104. The Morgan fingerprint density at radius 2 is 2.11 bits per heavy atom. The van der Waals surface area contributed by atoms with E-state index in [1.807, 2.05) is 11.0 Å². The van der Waals surface area contributed by atoms with Crippen LogP contribution in [-0.2, 0) is 0 Å². The number of nitrogens with two attached hydrogens (primary N) is 1. The third kappa shape index (κ3) is 3.11. The SMILES string of the molecule is CC(C)(C)C1CCN(C(=O)c2ccc(N)c(Br)c2)C1. The van der Waals surface area contributed by atoms with Gasteiger partial charge in [-0.15, -0.1) is 0 Å². The molecule has 2 N–H and O–H groups in total. The van der Waals surface area contributed by atoms with E-state index in [0.717, 1.165) is 24.0 Å². The van der Waals surface area contributed by atoms with E-state index in [0.29, 0.717) is 17.2 Å². The summed E-state index contributed by atoms with van der Waals surface area (Å²) >= 11 is 3.37. The van der Waals surface area contributed by atoms with Crippen molar-refractivity contribution in [3.05, 3.63) is 28.2 Å². The summed E-state index contributed by atoms with van der Waals surface area (Å²) in [6, 6.07) is 5.38. The summed E-state index contributed by atoms with van der Waals surface area (Å²) in [7, 11) is 0. The highest BCUT2D eigenvalue weighted by atomic mass is 79.9. The first-order valence-corrected chi connectivity index (χ1v) is 7.42. The van der Waals surface area contributed by atoms with Gasteiger partial charge in [0, 0.05) is 28.8 Å². The van der Waals surface area contributed by atoms with Crippen LogP contribution in [0.1, 0.15) is 37.6 Å². The summed E-state index contributed by atoms with van der Waals surface area (Å²) in [6.45, 7) is 8.43. The highest BCUT2D eigenvalue weighted by Crippen LogP contribution is 2.34. The summed E-state index contributed by atoms with van der Waals surface area (Å²) < 4.78 is 0.782. The molecule has 1 aliphatic heterocycles. The molecule has 1 heterocycles. The average Bonchev–Trinajstić information content (AvgIpc) is 2.81. The van der Waals surface area contributed by atoms with Crippen LogP contribution in [0.5, 0.6) is 0 Å². The lowest BCUT2D eigenvalue weighted by molar-refractivity contribution is 0.0776. The number of likely N-dealkylation sites (tertiary alicyclic amines) is 1. The molecule has 1 saturated heterocycles. The quantitative estimate of drug-likeness (QED) is 0.803. The molecule has 0 aliphatic carbocycles. The summed E-state index contributed by atoms with van der Waals surface area (Å²) in [5.41, 5.74) is 7.37. The zero-order valence-electron chi connectivity index (χ0n) is 11.7. The molecule has 104 valence electrons. The van der Waals surface area contributed by atoms with Crippen molar-refractivity contribution in [3.63, 3.8) is 0 Å². The number of carbonyl (C=O) groups excluding carboxylic acids is 1. The number of nitrogens with zero attached hydrogens (tertiary/aromatic N) is 1. The van der Waals surface area contributed by atoms with E-state index in [9.17, 15) is 4.79 Å². The van der Waals surface area contributed by atoms with Crippen LogP contribution in [-0.4, -0.2) is 23.9 Å². The molecule has 1 aliphatic rings. The second-order valence-electron chi connectivity index (χ2n) is 6.34. The first kappa shape index (κ1) is 14.4. The van der Waals surface area contributed by atoms with Crippen LogP contribution in [0.25, 0.3) is 0 Å². The zero-order chi connectivity index (χ0) is 14.2. The maximum absolute atomic E-state index is 12.4. The van der Waals surface area contributed by atoms with Crippen LogP contribution in [0, 0.1) is 11.3 Å². The van der Waals surface area contributed by atoms with Gasteiger partial charge in [0.2, 0.25) is 0 Å². The monoisotopic (exact) mass is 324 g/mol. The molecule has 0 spiro atoms. The van der Waals surface area contributed by atoms with E-state index < -0.39 is 0 Å². The maximum Gasteiger partial charge on any atom is 0.253 e. The average molecular weight is 325 g/mol. The Bertz CT molecular complexity index is 493. The molecule has 3 nitrogen and oxygen atoms in total. The number of amides is 1. The molecule has 1 unspecified atom stereocenters. The van der Waals surface area contributed by atoms with E-state index in [-0.39, 0.29) is 11.3 Å². The number of anilines is 1. The van der Waals surface area contributed by atoms with E-state index in [2.05, 4.69) is 36.7 Å². The Morgan fingerprint density at radius 1 is 1.42 bits per heavy atom. The number of halogens is 1. The van der Waals surface area contributed by atoms with Gasteiger partial charge in [-0.25, -0.2) is 0 Å². The van der Waals surface area contributed by atoms with Crippen molar-refractivity contribution in [2.24, 2.45) is 11.3 Å². The van der Waals surface area contributed by atoms with Crippen molar-refractivity contribution in [2.75, 3.05) is 18.8 Å². The molecule has 1 atom stereocenters. The Balaban J connectivity index is 2.11. The molecule has 0 saturated carbocycles. The molecule has 2 rings (SSSR count). The van der Waals surface area contributed by atoms with Crippen LogP contribution in [0.15, 0.2) is 22.7 Å². The van der Waals surface area contributed by atoms with Crippen molar-refractivity contribution < 1.29 is 4.79 Å². The van der Waals surface area contributed by atoms with E-state index in [1.165, 1.54) is 0 Å². The number of hydrogen-bond acceptors (Lipinski definition) is 2. The predicted molar refractivity (Wildman–Crippen MR) is 82.0 cm³/mol. The van der Waals surface area contributed by atoms with Crippen molar-refractivity contribution in [3.8, 4) is 0 Å². The largest absolute Gasteiger partial charge is 0.398 e. The summed E-state index contributed by atoms with van der Waals surface area (Å²) in [5.74, 6) is 0.682. The molecule has 1 aromatic rings. The second-order valence-corrected chi connectivity index (χ2v) is 7.19. The highest BCUT2D eigenvalue weighted by molar-refractivity contribution is 9.10. The Morgan fingerprint density at radius 3 is 2.63 bits per heavy atom. The number of benzene rings is 1. The van der Waals surface area contributed by atoms with Crippen LogP contribution in [0.4, 0.5) is 5.69 Å². The van der Waals surface area contributed by atoms with Crippen molar-refractivity contribution in [1.82, 2.24) is 4.90 Å². The lowest BCUT2D eigenvalue weighted by Crippen LogP contribution is -2.31. The predicted octanol–water partition coefficient (Wildman–Crippen LogP) is 3.54. The van der Waals surface area contributed by atoms with Gasteiger partial charge in [-0.1, -0.05) is 20.8 Å². The maximum atomic E-state index is 12.4. The lowest BCUT2D eigenvalue weighted by atomic mass is 9.80. The van der Waals surface area contributed by atoms with Crippen LogP contribution >= 0.6 is 15.9 Å². The number of carbonyl (C=O) groups is 1. The molecule has 0 bridgehead atoms. The Kier molecular flexibility index (Phi) is 3.90. The molecular formula is C15H21BrN2O. The molecule has 19 heavy (non-hydrogen) atoms. The van der Waals surface area contributed by atoms with Crippen molar-refractivity contribution in [2.45, 2.75) is 27.2 Å². The molecule has 0 aromatic heterocycles. The van der Waals surface area contributed by atoms with Gasteiger partial charge in [0.15, 0.2) is 0 Å². The molecule has 1 aromatic carbocycles. The van der Waals surface area contributed by atoms with Crippen molar-refractivity contribution in [1.29, 1.82) is 0 Å². The van der Waals surface area contributed by atoms with Gasteiger partial charge in [-0.05, 0) is 51.9 Å². The van der Waals surface area contributed by atoms with Gasteiger partial charge >= 0.3 is 0 Å². The van der Waals surface area contributed by atoms with Gasteiger partial charge < -0.3 is 10.6 Å². The van der Waals surface area contributed by atoms with E-state index >= 15 is 0 Å². The van der Waals surface area contributed by atoms with Crippen LogP contribution < -0.4 is 5.73 Å². The third-order valence-corrected chi connectivity index (χ3v) is 4.63. The smallest absolute Gasteiger partial charge is 0.253 e. The molecule has 4 heteroatoms. The van der Waals surface area contributed by atoms with Gasteiger partial charge in [0.1, 0.15) is 0 Å². The fraction of sp³-hybridized carbons (Fsp3) is 0.533. The zero-order valence-corrected chi connectivity index (χ0v) is 13.3. The summed E-state index contributed by atoms with van der Waals surface area (Å²) in [6.07, 6.45) is 1.09. The lowest BCUT2D eigenvalue weighted by Gasteiger charge is -2.27. The minimum Gasteiger partial charge on any atom is -0.398 e. The Hall–Kier alpha value is -1.03. The number of nitrogen functional groups attached to an aromatic ring is 1. The molecule has 1 fully saturated rings. The third-order valence-electron chi connectivity index (χ3n) is 3.95. The van der Waals surface area contributed by atoms with Gasteiger partial charge in [0.05, 0.1) is 0 Å². The van der Waals surface area contributed by atoms with Gasteiger partial charge in [-0.3, -0.25) is 4.79 Å². The van der Waals surface area contributed by atoms with E-state index in [4.69, 9.17) is 5.73 Å².